The standard InChI is InChI=1S/C18H26BFO5/c1-7-23-15(21)11-12(16-13(20)9-8-10-14(16)22-6)19-24-17(2,3)18(4,5)25-19/h8-10,12H,7,11H2,1-6H3. The van der Waals surface area contributed by atoms with Crippen LogP contribution in [0.25, 0.3) is 0 Å². The molecule has 7 heteroatoms. The van der Waals surface area contributed by atoms with E-state index in [0.717, 1.165) is 0 Å². The maximum absolute atomic E-state index is 14.6. The second kappa shape index (κ2) is 7.34. The molecule has 0 amide bonds. The molecule has 1 unspecified atom stereocenters. The van der Waals surface area contributed by atoms with Gasteiger partial charge in [-0.2, -0.15) is 0 Å². The first kappa shape index (κ1) is 19.7. The van der Waals surface area contributed by atoms with Gasteiger partial charge in [0.1, 0.15) is 11.6 Å². The maximum atomic E-state index is 14.6. The average Bonchev–Trinajstić information content (AvgIpc) is 2.73. The van der Waals surface area contributed by atoms with E-state index in [4.69, 9.17) is 18.8 Å². The Balaban J connectivity index is 2.44. The first-order valence-electron chi connectivity index (χ1n) is 8.46. The van der Waals surface area contributed by atoms with Crippen LogP contribution in [-0.2, 0) is 18.8 Å². The van der Waals surface area contributed by atoms with Gasteiger partial charge in [-0.3, -0.25) is 4.79 Å². The van der Waals surface area contributed by atoms with Crippen molar-refractivity contribution in [2.24, 2.45) is 0 Å². The number of hydrogen-bond acceptors (Lipinski definition) is 5. The summed E-state index contributed by atoms with van der Waals surface area (Å²) in [6.07, 6.45) is -0.0675. The lowest BCUT2D eigenvalue weighted by molar-refractivity contribution is -0.143. The van der Waals surface area contributed by atoms with E-state index in [9.17, 15) is 9.18 Å². The lowest BCUT2D eigenvalue weighted by Crippen LogP contribution is -2.41. The molecule has 5 nitrogen and oxygen atoms in total. The second-order valence-electron chi connectivity index (χ2n) is 7.10. The van der Waals surface area contributed by atoms with Gasteiger partial charge in [0, 0.05) is 11.4 Å². The molecule has 1 aromatic carbocycles. The fourth-order valence-corrected chi connectivity index (χ4v) is 2.84. The minimum absolute atomic E-state index is 0.0675. The van der Waals surface area contributed by atoms with Gasteiger partial charge in [-0.15, -0.1) is 0 Å². The first-order chi connectivity index (χ1) is 11.6. The molecule has 1 aliphatic heterocycles. The van der Waals surface area contributed by atoms with E-state index in [0.29, 0.717) is 5.75 Å². The Morgan fingerprint density at radius 2 is 1.84 bits per heavy atom. The molecular formula is C18H26BFO5. The van der Waals surface area contributed by atoms with E-state index < -0.39 is 35.9 Å². The van der Waals surface area contributed by atoms with Crippen LogP contribution < -0.4 is 4.74 Å². The van der Waals surface area contributed by atoms with Crippen LogP contribution in [-0.4, -0.2) is 38.0 Å². The Hall–Kier alpha value is -1.60. The zero-order valence-electron chi connectivity index (χ0n) is 15.7. The van der Waals surface area contributed by atoms with Crippen LogP contribution in [0.4, 0.5) is 4.39 Å². The number of halogens is 1. The van der Waals surface area contributed by atoms with Crippen LogP contribution in [0.2, 0.25) is 0 Å². The molecule has 2 rings (SSSR count). The highest BCUT2D eigenvalue weighted by Crippen LogP contribution is 2.44. The highest BCUT2D eigenvalue weighted by Gasteiger charge is 2.55. The molecule has 0 N–H and O–H groups in total. The van der Waals surface area contributed by atoms with Crippen LogP contribution in [0.15, 0.2) is 18.2 Å². The number of hydrogen-bond donors (Lipinski definition) is 0. The lowest BCUT2D eigenvalue weighted by atomic mass is 9.65. The minimum atomic E-state index is -0.791. The summed E-state index contributed by atoms with van der Waals surface area (Å²) in [4.78, 5) is 12.1. The third kappa shape index (κ3) is 3.98. The summed E-state index contributed by atoms with van der Waals surface area (Å²) < 4.78 is 37.1. The van der Waals surface area contributed by atoms with Gasteiger partial charge in [0.15, 0.2) is 0 Å². The van der Waals surface area contributed by atoms with Crippen molar-refractivity contribution in [2.75, 3.05) is 13.7 Å². The van der Waals surface area contributed by atoms with Gasteiger partial charge >= 0.3 is 13.1 Å². The molecule has 1 fully saturated rings. The first-order valence-corrected chi connectivity index (χ1v) is 8.46. The Morgan fingerprint density at radius 1 is 1.24 bits per heavy atom. The molecule has 1 saturated heterocycles. The van der Waals surface area contributed by atoms with Gasteiger partial charge in [-0.1, -0.05) is 6.07 Å². The molecule has 25 heavy (non-hydrogen) atoms. The predicted octanol–water partition coefficient (Wildman–Crippen LogP) is 3.50. The summed E-state index contributed by atoms with van der Waals surface area (Å²) in [5, 5.41) is 0. The molecule has 0 bridgehead atoms. The molecule has 1 heterocycles. The van der Waals surface area contributed by atoms with Crippen molar-refractivity contribution >= 4 is 13.1 Å². The molecule has 1 atom stereocenters. The van der Waals surface area contributed by atoms with Crippen molar-refractivity contribution in [1.82, 2.24) is 0 Å². The van der Waals surface area contributed by atoms with Gasteiger partial charge < -0.3 is 18.8 Å². The Kier molecular flexibility index (Phi) is 5.79. The average molecular weight is 352 g/mol. The number of benzene rings is 1. The number of carbonyl (C=O) groups excluding carboxylic acids is 1. The molecule has 0 saturated carbocycles. The van der Waals surface area contributed by atoms with Gasteiger partial charge in [0.05, 0.1) is 31.3 Å². The highest BCUT2D eigenvalue weighted by molar-refractivity contribution is 6.48. The summed E-state index contributed by atoms with van der Waals surface area (Å²) in [6, 6.07) is 4.55. The zero-order chi connectivity index (χ0) is 18.8. The molecular weight excluding hydrogens is 326 g/mol. The van der Waals surface area contributed by atoms with Crippen LogP contribution in [0, 0.1) is 5.82 Å². The van der Waals surface area contributed by atoms with Crippen molar-refractivity contribution < 1.29 is 28.0 Å². The van der Waals surface area contributed by atoms with Crippen molar-refractivity contribution in [3.8, 4) is 5.75 Å². The fourth-order valence-electron chi connectivity index (χ4n) is 2.84. The van der Waals surface area contributed by atoms with Gasteiger partial charge in [0.2, 0.25) is 0 Å². The van der Waals surface area contributed by atoms with Crippen molar-refractivity contribution in [3.63, 3.8) is 0 Å². The summed E-state index contributed by atoms with van der Waals surface area (Å²) >= 11 is 0. The van der Waals surface area contributed by atoms with Crippen LogP contribution in [0.1, 0.15) is 52.4 Å². The number of ether oxygens (including phenoxy) is 2. The number of rotatable bonds is 6. The molecule has 138 valence electrons. The largest absolute Gasteiger partial charge is 0.496 e. The summed E-state index contributed by atoms with van der Waals surface area (Å²) in [6.45, 7) is 9.62. The monoisotopic (exact) mass is 352 g/mol. The predicted molar refractivity (Wildman–Crippen MR) is 93.0 cm³/mol. The van der Waals surface area contributed by atoms with Crippen molar-refractivity contribution in [3.05, 3.63) is 29.6 Å². The molecule has 0 aliphatic carbocycles. The van der Waals surface area contributed by atoms with Crippen molar-refractivity contribution in [1.29, 1.82) is 0 Å². The van der Waals surface area contributed by atoms with E-state index in [1.165, 1.54) is 13.2 Å². The quantitative estimate of drug-likeness (QED) is 0.579. The summed E-state index contributed by atoms with van der Waals surface area (Å²) in [5.41, 5.74) is -0.928. The van der Waals surface area contributed by atoms with E-state index in [1.54, 1.807) is 19.1 Å². The number of methoxy groups -OCH3 is 1. The van der Waals surface area contributed by atoms with E-state index in [1.807, 2.05) is 27.7 Å². The van der Waals surface area contributed by atoms with E-state index >= 15 is 0 Å². The van der Waals surface area contributed by atoms with Gasteiger partial charge in [-0.25, -0.2) is 4.39 Å². The summed E-state index contributed by atoms with van der Waals surface area (Å²) in [7, 11) is 0.671. The Bertz CT molecular complexity index is 616. The third-order valence-corrected chi connectivity index (χ3v) is 4.90. The lowest BCUT2D eigenvalue weighted by Gasteiger charge is -2.32. The molecule has 0 spiro atoms. The highest BCUT2D eigenvalue weighted by atomic mass is 19.1. The SMILES string of the molecule is CCOC(=O)CC(B1OC(C)(C)C(C)(C)O1)c1c(F)cccc1OC. The molecule has 1 aromatic rings. The van der Waals surface area contributed by atoms with Gasteiger partial charge in [0.25, 0.3) is 0 Å². The van der Waals surface area contributed by atoms with Gasteiger partial charge in [-0.05, 0) is 46.8 Å². The van der Waals surface area contributed by atoms with Crippen LogP contribution in [0.5, 0.6) is 5.75 Å². The maximum Gasteiger partial charge on any atom is 0.466 e. The Labute approximate surface area is 148 Å². The summed E-state index contributed by atoms with van der Waals surface area (Å²) in [5.74, 6) is -1.24. The molecule has 0 aromatic heterocycles. The van der Waals surface area contributed by atoms with Crippen molar-refractivity contribution in [2.45, 2.75) is 58.1 Å². The van der Waals surface area contributed by atoms with Crippen LogP contribution in [0.3, 0.4) is 0 Å². The van der Waals surface area contributed by atoms with E-state index in [2.05, 4.69) is 0 Å². The zero-order valence-corrected chi connectivity index (χ0v) is 15.7. The van der Waals surface area contributed by atoms with Crippen LogP contribution >= 0.6 is 0 Å². The normalized spacial score (nSPS) is 19.6. The topological polar surface area (TPSA) is 54.0 Å². The molecule has 0 radical (unpaired) electrons. The number of esters is 1. The fraction of sp³-hybridized carbons (Fsp3) is 0.611. The van der Waals surface area contributed by atoms with E-state index in [-0.39, 0.29) is 18.6 Å². The Morgan fingerprint density at radius 3 is 2.36 bits per heavy atom. The number of carbonyl (C=O) groups is 1. The molecule has 1 aliphatic rings. The third-order valence-electron chi connectivity index (χ3n) is 4.90. The second-order valence-corrected chi connectivity index (χ2v) is 7.10. The smallest absolute Gasteiger partial charge is 0.466 e. The minimum Gasteiger partial charge on any atom is -0.496 e.